The number of nitrogens with two attached hydrogens (primary N) is 6. The second kappa shape index (κ2) is 67.6. The molecule has 34 radical (unpaired) electrons. The summed E-state index contributed by atoms with van der Waals surface area (Å²) < 4.78 is 0.199. The molecule has 141 heavy (non-hydrogen) atoms. The van der Waals surface area contributed by atoms with Crippen LogP contribution in [0, 0.1) is 23.7 Å². The zero-order valence-electron chi connectivity index (χ0n) is 80.2. The molecule has 1 aromatic rings. The van der Waals surface area contributed by atoms with Gasteiger partial charge in [-0.3, -0.25) is 107 Å². The van der Waals surface area contributed by atoms with E-state index in [1.165, 1.54) is 27.8 Å². The van der Waals surface area contributed by atoms with Crippen molar-refractivity contribution in [3.8, 4) is 0 Å². The molecule has 1 aromatic carbocycles. The quantitative estimate of drug-likeness (QED) is 0.00421. The van der Waals surface area contributed by atoms with Gasteiger partial charge in [0, 0.05) is 260 Å². The van der Waals surface area contributed by atoms with E-state index in [1.54, 1.807) is 58.0 Å². The van der Waals surface area contributed by atoms with E-state index in [-0.39, 0.29) is 77.3 Å². The minimum atomic E-state index is -2.34. The minimum Gasteiger partial charge on any atom is -0.481 e. The Balaban J connectivity index is 0. The number of aliphatic imine (C=N–C) groups is 1. The number of alkyl halides is 1. The smallest absolute Gasteiger partial charge is 0.321 e. The number of Topliss-reactive ketones (excluding diaryl/α,β-unsaturated/α-hetero) is 2. The molecular formula is C70H114B30IN19O21. The van der Waals surface area contributed by atoms with Crippen molar-refractivity contribution in [3.63, 3.8) is 0 Å². The van der Waals surface area contributed by atoms with Crippen molar-refractivity contribution in [2.24, 2.45) is 63.1 Å². The maximum absolute atomic E-state index is 15.1. The summed E-state index contributed by atoms with van der Waals surface area (Å²) in [4.78, 5) is 245. The van der Waals surface area contributed by atoms with E-state index in [9.17, 15) is 96.8 Å². The normalized spacial score (nSPS) is 14.1. The van der Waals surface area contributed by atoms with E-state index in [2.05, 4.69) is 68.8 Å². The van der Waals surface area contributed by atoms with Crippen LogP contribution in [0.2, 0.25) is 0 Å². The number of amides is 13. The van der Waals surface area contributed by atoms with Crippen molar-refractivity contribution < 1.29 is 102 Å². The topological polar surface area (TPSA) is 681 Å². The molecule has 0 bridgehead atoms. The van der Waals surface area contributed by atoms with Crippen molar-refractivity contribution in [2.45, 2.75) is 231 Å². The minimum absolute atomic E-state index is 0. The Labute approximate surface area is 869 Å². The number of halogens is 1. The van der Waals surface area contributed by atoms with Crippen molar-refractivity contribution >= 4 is 349 Å². The van der Waals surface area contributed by atoms with E-state index in [4.69, 9.17) is 150 Å². The van der Waals surface area contributed by atoms with Crippen LogP contribution in [0.5, 0.6) is 0 Å². The van der Waals surface area contributed by atoms with E-state index in [1.807, 2.05) is 22.6 Å². The number of aliphatic carboxylic acids is 3. The number of guanidine groups is 1. The number of unbranched alkanes of at least 4 members (excludes halogenated alkanes) is 2. The molecule has 13 amide bonds. The fraction of sp³-hybridized carbons (Fsp3) is 0.643. The number of nitrogens with one attached hydrogen (secondary N) is 12. The summed E-state index contributed by atoms with van der Waals surface area (Å²) >= 11 is 1.87. The fourth-order valence-corrected chi connectivity index (χ4v) is 16.2. The molecule has 1 aliphatic rings. The highest BCUT2D eigenvalue weighted by Gasteiger charge is 2.60. The molecule has 0 aliphatic heterocycles. The van der Waals surface area contributed by atoms with Gasteiger partial charge in [-0.1, -0.05) is 115 Å². The lowest BCUT2D eigenvalue weighted by Gasteiger charge is -2.49. The van der Waals surface area contributed by atoms with Crippen molar-refractivity contribution in [3.05, 3.63) is 35.9 Å². The SMILES string of the molecule is C.CC[C@H](C)[C@H](NC(=O)[C@@H](NC(=O)[C@@H](CCC(=O)O)NC1(C(C)(NCC(=O)N[C@@H](CCC(=O)O)C(=O)N[C@@H](CCCN=C(N)N)C(=O)C(C(=O)O)C(=O)CCCCCNC(=O)CI)N[C@@H](CCC(N)=O)C(=O)N[C@@H](CC(N)=O)C(=O)N[C@H](C(=O)N[C@@H](Cc2ccccc2)C(N)=O)C(C)C)CC1)C(C)C)C(=O)NCC(N)=O.[B].[B][B]B(B([B])[B])B(B(B([B])[B])B([B])[B])B(B(B([B])[B])B([B])[B])B(B([B])[B])B([B])[B]. The average molecular weight is 2010 g/mol. The molecular weight excluding hydrogens is 1890 g/mol. The monoisotopic (exact) mass is 2010 g/mol. The third kappa shape index (κ3) is 47.8. The number of ketones is 2. The Kier molecular flexibility index (Phi) is 64.7. The van der Waals surface area contributed by atoms with Crippen molar-refractivity contribution in [2.75, 3.05) is 30.6 Å². The molecule has 2 unspecified atom stereocenters. The fourth-order valence-electron chi connectivity index (χ4n) is 16.0. The van der Waals surface area contributed by atoms with Gasteiger partial charge in [-0.2, -0.15) is 0 Å². The Morgan fingerprint density at radius 3 is 1.38 bits per heavy atom. The first kappa shape index (κ1) is 135. The predicted octanol–water partition coefficient (Wildman–Crippen LogP) is -16.1. The number of benzene rings is 1. The van der Waals surface area contributed by atoms with Crippen LogP contribution in [0.4, 0.5) is 0 Å². The molecule has 0 spiro atoms. The summed E-state index contributed by atoms with van der Waals surface area (Å²) in [5.41, 5.74) is 30.0. The summed E-state index contributed by atoms with van der Waals surface area (Å²) in [7, 11) is 91.2. The van der Waals surface area contributed by atoms with Crippen LogP contribution in [0.25, 0.3) is 0 Å². The third-order valence-corrected chi connectivity index (χ3v) is 24.4. The van der Waals surface area contributed by atoms with Crippen LogP contribution in [-0.4, -0.2) is 438 Å². The number of primary amides is 4. The Bertz CT molecular complexity index is 4250. The van der Waals surface area contributed by atoms with E-state index < -0.39 is 343 Å². The standard InChI is InChI=1S/C69H110IN19O21.CH4.B29.B/c1-8-37(6)56(63(106)79-33-48(73)93)87-65(108)55(36(4)5)85-61(104)42(22-25-52(98)99)89-69(26-27-69)68(7,88-41(20-23-46(71)91)60(103)84-44(31-47(72)92)62(105)86-54(35(2)3)64(107)83-43(58(74)101)30-38-16-11-9-12-17-38)80-34-50(95)81-40(21-24-51(96)97)59(102)82-39(18-15-29-78-67(75)76)57(100)53(66(109)110)45(90)19-13-10-14-28-77-49(94)32-70;;1-16-24(17(2)3)28(25(18(4)5)19(6)7)29(26(20(8)9)21(10)11)27(22(12)13)23(14)15;/h9,11-12,16-17,35-37,39-44,53-56,80,88-89H,8,10,13-15,18-34H2,1-7H3,(H2,71,91)(H2,72,92)(H2,73,93)(H2,74,101)(H,77,94)(H,79,106)(H,81,95)(H,82,102)(H,83,107)(H,84,103)(H,85,104)(H,86,105)(H,87,108)(H,96,97)(H,98,99)(H,109,110)(H4,75,76,78);1H4;;/t37-,39-,40-,41-,42+,43-,44-,53?,54-,55-,56-,68?;;;/m0.../s1. The first-order valence-electron chi connectivity index (χ1n) is 45.3. The highest BCUT2D eigenvalue weighted by atomic mass is 127. The largest absolute Gasteiger partial charge is 0.481 e. The van der Waals surface area contributed by atoms with Gasteiger partial charge in [-0.15, -0.1) is 0 Å². The van der Waals surface area contributed by atoms with Gasteiger partial charge in [0.05, 0.1) is 53.3 Å². The van der Waals surface area contributed by atoms with Crippen LogP contribution in [-0.2, 0) is 92.7 Å². The number of rotatable bonds is 70. The lowest BCUT2D eigenvalue weighted by atomic mass is 8.32. The first-order valence-corrected chi connectivity index (χ1v) is 46.9. The number of carboxylic acids is 3. The average Bonchev–Trinajstić information content (AvgIpc) is 1.57. The van der Waals surface area contributed by atoms with Gasteiger partial charge in [0.25, 0.3) is 0 Å². The second-order valence-electron chi connectivity index (χ2n) is 35.5. The Morgan fingerprint density at radius 2 is 0.950 bits per heavy atom. The highest BCUT2D eigenvalue weighted by molar-refractivity contribution is 14.1. The first-order chi connectivity index (χ1) is 64.7. The van der Waals surface area contributed by atoms with E-state index >= 15 is 4.79 Å². The number of nitrogens with zero attached hydrogens (tertiary/aromatic N) is 1. The molecule has 0 aromatic heterocycles. The molecule has 1 aliphatic carbocycles. The van der Waals surface area contributed by atoms with Crippen LogP contribution < -0.4 is 98.2 Å². The molecule has 12 atom stereocenters. The maximum Gasteiger partial charge on any atom is 0.321 e. The summed E-state index contributed by atoms with van der Waals surface area (Å²) in [5, 5.41) is 61.8. The zero-order chi connectivity index (χ0) is 107. The van der Waals surface area contributed by atoms with Gasteiger partial charge in [-0.05, 0) is 88.0 Å². The summed E-state index contributed by atoms with van der Waals surface area (Å²) in [6, 6.07) is -6.10. The van der Waals surface area contributed by atoms with Crippen LogP contribution in [0.1, 0.15) is 164 Å². The molecule has 1 saturated carbocycles. The van der Waals surface area contributed by atoms with Gasteiger partial charge in [0.1, 0.15) is 36.3 Å². The maximum atomic E-state index is 15.1. The molecule has 0 heterocycles. The van der Waals surface area contributed by atoms with Crippen LogP contribution in [0.3, 0.4) is 0 Å². The molecule has 27 N–H and O–H groups in total. The number of hydrogen-bond donors (Lipinski definition) is 21. The second-order valence-corrected chi connectivity index (χ2v) is 36.3. The Hall–Kier alpha value is -8.09. The lowest BCUT2D eigenvalue weighted by molar-refractivity contribution is -0.152. The number of carbonyl (C=O) groups is 18. The number of hydrogen-bond acceptors (Lipinski definition) is 22. The van der Waals surface area contributed by atoms with Crippen molar-refractivity contribution in [1.29, 1.82) is 0 Å². The van der Waals surface area contributed by atoms with Gasteiger partial charge < -0.3 is 97.6 Å². The molecule has 0 saturated heterocycles. The molecule has 1 fully saturated rings. The molecule has 712 valence electrons. The highest BCUT2D eigenvalue weighted by Crippen LogP contribution is 2.45. The lowest BCUT2D eigenvalue weighted by Crippen LogP contribution is -2.87. The summed E-state index contributed by atoms with van der Waals surface area (Å²) in [6.45, 7) is 9.36. The zero-order valence-corrected chi connectivity index (χ0v) is 82.4. The third-order valence-electron chi connectivity index (χ3n) is 23.7. The van der Waals surface area contributed by atoms with E-state index in [0.29, 0.717) is 24.8 Å². The van der Waals surface area contributed by atoms with Gasteiger partial charge in [0.2, 0.25) is 76.8 Å². The number of carboxylic acid groups (broad SMARTS) is 3. The van der Waals surface area contributed by atoms with Crippen LogP contribution in [0.15, 0.2) is 35.3 Å². The summed E-state index contributed by atoms with van der Waals surface area (Å²) in [5.74, 6) is -24.4. The Morgan fingerprint density at radius 1 is 0.489 bits per heavy atom. The molecule has 2 rings (SSSR count). The predicted molar refractivity (Wildman–Crippen MR) is 583 cm³/mol. The van der Waals surface area contributed by atoms with Gasteiger partial charge >= 0.3 is 17.9 Å². The van der Waals surface area contributed by atoms with Gasteiger partial charge in [-0.25, -0.2) is 0 Å². The van der Waals surface area contributed by atoms with E-state index in [0.717, 1.165) is 0 Å². The van der Waals surface area contributed by atoms with Gasteiger partial charge in [0.15, 0.2) is 23.4 Å². The number of carbonyl (C=O) groups excluding carboxylic acids is 15. The van der Waals surface area contributed by atoms with Crippen LogP contribution >= 0.6 is 22.6 Å². The molecule has 40 nitrogen and oxygen atoms in total. The molecule has 71 heteroatoms. The summed E-state index contributed by atoms with van der Waals surface area (Å²) in [6.07, 6.45) is -16.7. The van der Waals surface area contributed by atoms with Crippen molar-refractivity contribution in [1.82, 2.24) is 63.8 Å².